The van der Waals surface area contributed by atoms with Crippen molar-refractivity contribution in [3.8, 4) is 0 Å². The minimum absolute atomic E-state index is 0.0471. The number of carbonyl (C=O) groups is 1. The van der Waals surface area contributed by atoms with Crippen molar-refractivity contribution >= 4 is 54.6 Å². The fraction of sp³-hybridized carbons (Fsp3) is 0.0385. The Kier molecular flexibility index (Phi) is 7.72. The number of hydrogen-bond donors (Lipinski definition) is 2. The lowest BCUT2D eigenvalue weighted by atomic mass is 10.2. The van der Waals surface area contributed by atoms with Gasteiger partial charge in [0.1, 0.15) is 5.82 Å². The first kappa shape index (κ1) is 27.1. The van der Waals surface area contributed by atoms with Gasteiger partial charge in [0.05, 0.1) is 15.5 Å². The van der Waals surface area contributed by atoms with E-state index < -0.39 is 31.8 Å². The highest BCUT2D eigenvalue weighted by Gasteiger charge is 2.21. The first-order chi connectivity index (χ1) is 18.0. The summed E-state index contributed by atoms with van der Waals surface area (Å²) in [5, 5.41) is 3.08. The number of sulfonamides is 2. The molecule has 0 aliphatic heterocycles. The van der Waals surface area contributed by atoms with Crippen LogP contribution in [-0.4, -0.2) is 29.8 Å². The molecule has 0 aromatic heterocycles. The van der Waals surface area contributed by atoms with E-state index in [1.165, 1.54) is 92.0 Å². The Labute approximate surface area is 224 Å². The Balaban J connectivity index is 1.42. The highest BCUT2D eigenvalue weighted by atomic mass is 35.5. The molecule has 0 saturated heterocycles. The van der Waals surface area contributed by atoms with Crippen LogP contribution < -0.4 is 14.3 Å². The van der Waals surface area contributed by atoms with E-state index in [0.29, 0.717) is 16.4 Å². The largest absolute Gasteiger partial charge is 0.322 e. The molecule has 4 aromatic rings. The molecule has 8 nitrogen and oxygen atoms in total. The maximum atomic E-state index is 13.0. The summed E-state index contributed by atoms with van der Waals surface area (Å²) in [6.07, 6.45) is 0. The van der Waals surface area contributed by atoms with Crippen LogP contribution in [0, 0.1) is 5.82 Å². The molecule has 0 saturated carbocycles. The number of amides is 1. The molecule has 0 aliphatic rings. The van der Waals surface area contributed by atoms with Crippen molar-refractivity contribution in [2.24, 2.45) is 0 Å². The number of halogens is 2. The number of nitrogens with zero attached hydrogens (tertiary/aromatic N) is 1. The highest BCUT2D eigenvalue weighted by molar-refractivity contribution is 7.93. The molecule has 12 heteroatoms. The lowest BCUT2D eigenvalue weighted by Crippen LogP contribution is -2.26. The number of nitrogens with one attached hydrogen (secondary N) is 2. The van der Waals surface area contributed by atoms with Crippen LogP contribution in [0.3, 0.4) is 0 Å². The number of rotatable bonds is 8. The monoisotopic (exact) mass is 573 g/mol. The number of carbonyl (C=O) groups excluding carboxylic acids is 1. The summed E-state index contributed by atoms with van der Waals surface area (Å²) in [6, 6.07) is 22.1. The predicted molar refractivity (Wildman–Crippen MR) is 145 cm³/mol. The van der Waals surface area contributed by atoms with Crippen molar-refractivity contribution in [2.45, 2.75) is 9.79 Å². The van der Waals surface area contributed by atoms with Gasteiger partial charge in [-0.2, -0.15) is 0 Å². The fourth-order valence-corrected chi connectivity index (χ4v) is 5.76. The molecule has 0 aliphatic carbocycles. The summed E-state index contributed by atoms with van der Waals surface area (Å²) in [4.78, 5) is 12.7. The van der Waals surface area contributed by atoms with E-state index in [1.54, 1.807) is 0 Å². The van der Waals surface area contributed by atoms with Crippen LogP contribution in [0.2, 0.25) is 5.02 Å². The van der Waals surface area contributed by atoms with Crippen LogP contribution in [0.15, 0.2) is 107 Å². The second-order valence-electron chi connectivity index (χ2n) is 8.06. The van der Waals surface area contributed by atoms with E-state index in [0.717, 1.165) is 16.4 Å². The van der Waals surface area contributed by atoms with Gasteiger partial charge in [0.15, 0.2) is 0 Å². The maximum absolute atomic E-state index is 13.0. The number of benzene rings is 4. The van der Waals surface area contributed by atoms with Gasteiger partial charge in [-0.25, -0.2) is 21.2 Å². The van der Waals surface area contributed by atoms with Crippen molar-refractivity contribution in [3.63, 3.8) is 0 Å². The van der Waals surface area contributed by atoms with Gasteiger partial charge in [0, 0.05) is 29.0 Å². The van der Waals surface area contributed by atoms with Crippen molar-refractivity contribution < 1.29 is 26.0 Å². The SMILES string of the molecule is CN(c1ccc(C(=O)Nc2ccc(S(=O)(=O)Nc3ccc(F)cc3)cc2)cc1)S(=O)(=O)c1ccc(Cl)cc1. The van der Waals surface area contributed by atoms with E-state index in [9.17, 15) is 26.0 Å². The molecule has 0 fully saturated rings. The zero-order chi connectivity index (χ0) is 27.5. The van der Waals surface area contributed by atoms with Crippen molar-refractivity contribution in [2.75, 3.05) is 21.4 Å². The summed E-state index contributed by atoms with van der Waals surface area (Å²) in [7, 11) is -6.34. The molecule has 2 N–H and O–H groups in total. The Morgan fingerprint density at radius 2 is 1.26 bits per heavy atom. The van der Waals surface area contributed by atoms with Crippen LogP contribution in [0.4, 0.5) is 21.5 Å². The Hall–Kier alpha value is -3.93. The molecular weight excluding hydrogens is 553 g/mol. The summed E-state index contributed by atoms with van der Waals surface area (Å²) in [6.45, 7) is 0. The van der Waals surface area contributed by atoms with Gasteiger partial charge in [0.2, 0.25) is 0 Å². The van der Waals surface area contributed by atoms with Crippen molar-refractivity contribution in [3.05, 3.63) is 113 Å². The molecule has 0 unspecified atom stereocenters. The third-order valence-corrected chi connectivity index (χ3v) is 8.93. The summed E-state index contributed by atoms with van der Waals surface area (Å²) < 4.78 is 67.3. The molecule has 38 heavy (non-hydrogen) atoms. The molecule has 196 valence electrons. The van der Waals surface area contributed by atoms with Crippen LogP contribution in [0.1, 0.15) is 10.4 Å². The zero-order valence-corrected chi connectivity index (χ0v) is 22.2. The molecule has 0 heterocycles. The first-order valence-corrected chi connectivity index (χ1v) is 14.3. The summed E-state index contributed by atoms with van der Waals surface area (Å²) >= 11 is 5.84. The average Bonchev–Trinajstić information content (AvgIpc) is 2.90. The van der Waals surface area contributed by atoms with E-state index in [2.05, 4.69) is 10.0 Å². The second-order valence-corrected chi connectivity index (χ2v) is 12.2. The second kappa shape index (κ2) is 10.8. The average molecular weight is 574 g/mol. The third-order valence-electron chi connectivity index (χ3n) is 5.48. The quantitative estimate of drug-likeness (QED) is 0.295. The van der Waals surface area contributed by atoms with Crippen LogP contribution in [0.5, 0.6) is 0 Å². The third kappa shape index (κ3) is 6.13. The highest BCUT2D eigenvalue weighted by Crippen LogP contribution is 2.24. The fourth-order valence-electron chi connectivity index (χ4n) is 3.38. The predicted octanol–water partition coefficient (Wildman–Crippen LogP) is 5.36. The molecule has 0 radical (unpaired) electrons. The van der Waals surface area contributed by atoms with Gasteiger partial charge in [-0.05, 0) is 97.1 Å². The summed E-state index contributed by atoms with van der Waals surface area (Å²) in [5.41, 5.74) is 1.17. The van der Waals surface area contributed by atoms with Gasteiger partial charge in [-0.3, -0.25) is 13.8 Å². The molecule has 4 aromatic carbocycles. The standard InChI is InChI=1S/C26H21ClFN3O5S2/c1-31(38(35,36)25-14-4-19(27)5-15-25)23-12-2-18(3-13-23)26(32)29-21-10-16-24(17-11-21)37(33,34)30-22-8-6-20(28)7-9-22/h2-17,30H,1H3,(H,29,32). The molecule has 0 spiro atoms. The van der Waals surface area contributed by atoms with Crippen molar-refractivity contribution in [1.82, 2.24) is 0 Å². The summed E-state index contributed by atoms with van der Waals surface area (Å²) in [5.74, 6) is -0.961. The van der Waals surface area contributed by atoms with E-state index in [-0.39, 0.29) is 21.0 Å². The Morgan fingerprint density at radius 1 is 0.737 bits per heavy atom. The molecule has 1 amide bonds. The van der Waals surface area contributed by atoms with Gasteiger partial charge < -0.3 is 5.32 Å². The number of anilines is 3. The molecule has 4 rings (SSSR count). The lowest BCUT2D eigenvalue weighted by Gasteiger charge is -2.20. The van der Waals surface area contributed by atoms with Gasteiger partial charge in [-0.1, -0.05) is 11.6 Å². The van der Waals surface area contributed by atoms with Crippen LogP contribution in [0.25, 0.3) is 0 Å². The molecule has 0 bridgehead atoms. The smallest absolute Gasteiger partial charge is 0.264 e. The lowest BCUT2D eigenvalue weighted by molar-refractivity contribution is 0.102. The Bertz CT molecular complexity index is 1660. The van der Waals surface area contributed by atoms with Crippen LogP contribution >= 0.6 is 11.6 Å². The Morgan fingerprint density at radius 3 is 1.84 bits per heavy atom. The first-order valence-electron chi connectivity index (χ1n) is 11.0. The van der Waals surface area contributed by atoms with E-state index in [4.69, 9.17) is 11.6 Å². The van der Waals surface area contributed by atoms with Gasteiger partial charge in [-0.15, -0.1) is 0 Å². The number of hydrogen-bond acceptors (Lipinski definition) is 5. The molecule has 0 atom stereocenters. The van der Waals surface area contributed by atoms with E-state index in [1.807, 2.05) is 0 Å². The maximum Gasteiger partial charge on any atom is 0.264 e. The van der Waals surface area contributed by atoms with E-state index >= 15 is 0 Å². The zero-order valence-electron chi connectivity index (χ0n) is 19.8. The van der Waals surface area contributed by atoms with Crippen molar-refractivity contribution in [1.29, 1.82) is 0 Å². The minimum atomic E-state index is -3.92. The van der Waals surface area contributed by atoms with Crippen LogP contribution in [-0.2, 0) is 20.0 Å². The minimum Gasteiger partial charge on any atom is -0.322 e. The normalized spacial score (nSPS) is 11.6. The topological polar surface area (TPSA) is 113 Å². The van der Waals surface area contributed by atoms with Gasteiger partial charge >= 0.3 is 0 Å². The molecular formula is C26H21ClFN3O5S2. The van der Waals surface area contributed by atoms with Gasteiger partial charge in [0.25, 0.3) is 26.0 Å².